The van der Waals surface area contributed by atoms with Crippen LogP contribution in [0, 0.1) is 0 Å². The Bertz CT molecular complexity index is 489. The van der Waals surface area contributed by atoms with Gasteiger partial charge in [-0.15, -0.1) is 0 Å². The Kier molecular flexibility index (Phi) is 5.11. The molecule has 0 radical (unpaired) electrons. The average Bonchev–Trinajstić information content (AvgIpc) is 2.24. The summed E-state index contributed by atoms with van der Waals surface area (Å²) in [6, 6.07) is 5.05. The molecule has 0 aliphatic carbocycles. The Morgan fingerprint density at radius 2 is 1.89 bits per heavy atom. The van der Waals surface area contributed by atoms with Gasteiger partial charge in [0.25, 0.3) is 0 Å². The summed E-state index contributed by atoms with van der Waals surface area (Å²) in [6.45, 7) is 6.57. The average molecular weight is 329 g/mol. The van der Waals surface area contributed by atoms with Crippen LogP contribution in [0.15, 0.2) is 22.7 Å². The molecule has 0 unspecified atom stereocenters. The van der Waals surface area contributed by atoms with E-state index in [1.165, 1.54) is 6.92 Å². The van der Waals surface area contributed by atoms with Crippen LogP contribution in [0.2, 0.25) is 0 Å². The number of ether oxygens (including phenoxy) is 2. The molecule has 0 bridgehead atoms. The van der Waals surface area contributed by atoms with E-state index in [0.29, 0.717) is 11.3 Å². The Morgan fingerprint density at radius 1 is 1.26 bits per heavy atom. The van der Waals surface area contributed by atoms with Crippen LogP contribution >= 0.6 is 15.9 Å². The maximum Gasteiger partial charge on any atom is 0.344 e. The first-order valence-corrected chi connectivity index (χ1v) is 6.63. The van der Waals surface area contributed by atoms with E-state index in [4.69, 9.17) is 9.47 Å². The zero-order chi connectivity index (χ0) is 14.6. The van der Waals surface area contributed by atoms with E-state index in [1.807, 2.05) is 0 Å². The molecule has 104 valence electrons. The summed E-state index contributed by atoms with van der Waals surface area (Å²) in [6.07, 6.45) is 0. The van der Waals surface area contributed by atoms with Gasteiger partial charge < -0.3 is 9.47 Å². The maximum absolute atomic E-state index is 11.5. The van der Waals surface area contributed by atoms with Gasteiger partial charge in [0.1, 0.15) is 11.4 Å². The molecule has 0 spiro atoms. The molecule has 0 saturated heterocycles. The van der Waals surface area contributed by atoms with Crippen LogP contribution < -0.4 is 4.74 Å². The second-order valence-electron chi connectivity index (χ2n) is 5.07. The number of Topliss-reactive ketones (excluding diaryl/α,β-unsaturated/α-hetero) is 1. The number of rotatable bonds is 4. The fraction of sp³-hybridized carbons (Fsp3) is 0.429. The number of hydrogen-bond donors (Lipinski definition) is 0. The molecule has 0 fully saturated rings. The van der Waals surface area contributed by atoms with Gasteiger partial charge in [0, 0.05) is 4.47 Å². The lowest BCUT2D eigenvalue weighted by Crippen LogP contribution is -2.27. The minimum atomic E-state index is -0.552. The van der Waals surface area contributed by atoms with Crippen molar-refractivity contribution in [1.29, 1.82) is 0 Å². The number of benzene rings is 1. The summed E-state index contributed by atoms with van der Waals surface area (Å²) in [7, 11) is 0. The summed E-state index contributed by atoms with van der Waals surface area (Å²) in [4.78, 5) is 23.0. The van der Waals surface area contributed by atoms with Crippen LogP contribution in [0.4, 0.5) is 0 Å². The number of ketones is 1. The van der Waals surface area contributed by atoms with Crippen molar-refractivity contribution in [3.05, 3.63) is 28.2 Å². The highest BCUT2D eigenvalue weighted by atomic mass is 79.9. The van der Waals surface area contributed by atoms with Crippen LogP contribution in [-0.4, -0.2) is 24.0 Å². The number of esters is 1. The quantitative estimate of drug-likeness (QED) is 0.628. The van der Waals surface area contributed by atoms with Gasteiger partial charge in [-0.1, -0.05) is 15.9 Å². The van der Waals surface area contributed by atoms with E-state index in [-0.39, 0.29) is 12.4 Å². The lowest BCUT2D eigenvalue weighted by Gasteiger charge is -2.19. The molecule has 4 nitrogen and oxygen atoms in total. The molecule has 0 N–H and O–H groups in total. The first-order chi connectivity index (χ1) is 8.69. The van der Waals surface area contributed by atoms with Gasteiger partial charge >= 0.3 is 5.97 Å². The van der Waals surface area contributed by atoms with Gasteiger partial charge in [-0.2, -0.15) is 0 Å². The highest BCUT2D eigenvalue weighted by molar-refractivity contribution is 9.10. The monoisotopic (exact) mass is 328 g/mol. The maximum atomic E-state index is 11.5. The third-order valence-electron chi connectivity index (χ3n) is 2.09. The molecule has 0 atom stereocenters. The Balaban J connectivity index is 2.73. The van der Waals surface area contributed by atoms with Gasteiger partial charge in [0.15, 0.2) is 12.4 Å². The van der Waals surface area contributed by atoms with Crippen LogP contribution in [0.1, 0.15) is 38.1 Å². The van der Waals surface area contributed by atoms with Gasteiger partial charge in [-0.25, -0.2) is 4.79 Å². The van der Waals surface area contributed by atoms with Crippen molar-refractivity contribution >= 4 is 27.7 Å². The molecule has 19 heavy (non-hydrogen) atoms. The molecule has 0 aromatic heterocycles. The van der Waals surface area contributed by atoms with Crippen molar-refractivity contribution in [2.45, 2.75) is 33.3 Å². The largest absolute Gasteiger partial charge is 0.481 e. The number of halogens is 1. The third kappa shape index (κ3) is 5.42. The lowest BCUT2D eigenvalue weighted by atomic mass is 10.1. The molecule has 0 saturated carbocycles. The van der Waals surface area contributed by atoms with Gasteiger partial charge in [0.05, 0.1) is 5.56 Å². The molecule has 0 amide bonds. The van der Waals surface area contributed by atoms with Crippen molar-refractivity contribution < 1.29 is 19.1 Å². The van der Waals surface area contributed by atoms with Gasteiger partial charge in [-0.3, -0.25) is 4.79 Å². The first kappa shape index (κ1) is 15.7. The summed E-state index contributed by atoms with van der Waals surface area (Å²) in [5.74, 6) is -0.216. The lowest BCUT2D eigenvalue weighted by molar-refractivity contribution is -0.157. The van der Waals surface area contributed by atoms with Crippen molar-refractivity contribution in [3.63, 3.8) is 0 Å². The van der Waals surface area contributed by atoms with Crippen molar-refractivity contribution in [2.24, 2.45) is 0 Å². The van der Waals surface area contributed by atoms with E-state index in [9.17, 15) is 9.59 Å². The normalized spacial score (nSPS) is 11.0. The highest BCUT2D eigenvalue weighted by Crippen LogP contribution is 2.23. The molecule has 5 heteroatoms. The highest BCUT2D eigenvalue weighted by Gasteiger charge is 2.17. The van der Waals surface area contributed by atoms with Crippen LogP contribution in [-0.2, 0) is 9.53 Å². The van der Waals surface area contributed by atoms with E-state index < -0.39 is 11.6 Å². The fourth-order valence-corrected chi connectivity index (χ4v) is 1.77. The van der Waals surface area contributed by atoms with E-state index >= 15 is 0 Å². The predicted molar refractivity (Wildman–Crippen MR) is 75.5 cm³/mol. The number of hydrogen-bond acceptors (Lipinski definition) is 4. The summed E-state index contributed by atoms with van der Waals surface area (Å²) in [5.41, 5.74) is -0.123. The zero-order valence-electron chi connectivity index (χ0n) is 11.5. The molecule has 1 aromatic rings. The van der Waals surface area contributed by atoms with Crippen LogP contribution in [0.5, 0.6) is 5.75 Å². The number of carbonyl (C=O) groups is 2. The topological polar surface area (TPSA) is 52.6 Å². The number of carbonyl (C=O) groups excluding carboxylic acids is 2. The second-order valence-corrected chi connectivity index (χ2v) is 5.99. The Labute approximate surface area is 121 Å². The molecule has 1 aromatic carbocycles. The van der Waals surface area contributed by atoms with Crippen molar-refractivity contribution in [3.8, 4) is 5.75 Å². The molecular formula is C14H17BrO4. The van der Waals surface area contributed by atoms with Crippen LogP contribution in [0.3, 0.4) is 0 Å². The third-order valence-corrected chi connectivity index (χ3v) is 2.58. The summed E-state index contributed by atoms with van der Waals surface area (Å²) < 4.78 is 11.3. The van der Waals surface area contributed by atoms with E-state index in [0.717, 1.165) is 4.47 Å². The predicted octanol–water partition coefficient (Wildman–Crippen LogP) is 3.37. The van der Waals surface area contributed by atoms with E-state index in [1.54, 1.807) is 39.0 Å². The van der Waals surface area contributed by atoms with Gasteiger partial charge in [-0.05, 0) is 45.9 Å². The summed E-state index contributed by atoms with van der Waals surface area (Å²) in [5, 5.41) is 0. The second kappa shape index (κ2) is 6.19. The molecule has 0 aliphatic rings. The fourth-order valence-electron chi connectivity index (χ4n) is 1.41. The van der Waals surface area contributed by atoms with Gasteiger partial charge in [0.2, 0.25) is 0 Å². The molecule has 1 rings (SSSR count). The first-order valence-electron chi connectivity index (χ1n) is 5.84. The molecular weight excluding hydrogens is 312 g/mol. The Morgan fingerprint density at radius 3 is 2.42 bits per heavy atom. The van der Waals surface area contributed by atoms with Crippen molar-refractivity contribution in [1.82, 2.24) is 0 Å². The van der Waals surface area contributed by atoms with E-state index in [2.05, 4.69) is 15.9 Å². The Hall–Kier alpha value is -1.36. The zero-order valence-corrected chi connectivity index (χ0v) is 13.0. The minimum Gasteiger partial charge on any atom is -0.481 e. The minimum absolute atomic E-state index is 0.125. The van der Waals surface area contributed by atoms with Crippen LogP contribution in [0.25, 0.3) is 0 Å². The SMILES string of the molecule is CC(=O)c1cc(Br)ccc1OCC(=O)OC(C)(C)C. The summed E-state index contributed by atoms with van der Waals surface area (Å²) >= 11 is 3.28. The molecule has 0 heterocycles. The smallest absolute Gasteiger partial charge is 0.344 e. The standard InChI is InChI=1S/C14H17BrO4/c1-9(16)11-7-10(15)5-6-12(11)18-8-13(17)19-14(2,3)4/h5-7H,8H2,1-4H3. The van der Waals surface area contributed by atoms with Crippen molar-refractivity contribution in [2.75, 3.05) is 6.61 Å². The molecule has 0 aliphatic heterocycles.